The second kappa shape index (κ2) is 7.92. The highest BCUT2D eigenvalue weighted by atomic mass is 32.2. The molecule has 136 valence electrons. The van der Waals surface area contributed by atoms with Crippen molar-refractivity contribution in [1.29, 1.82) is 0 Å². The average Bonchev–Trinajstić information content (AvgIpc) is 3.10. The summed E-state index contributed by atoms with van der Waals surface area (Å²) in [6.07, 6.45) is 0. The molecule has 0 spiro atoms. The molecule has 1 aromatic heterocycles. The predicted molar refractivity (Wildman–Crippen MR) is 95.8 cm³/mol. The van der Waals surface area contributed by atoms with Crippen LogP contribution in [0.1, 0.15) is 16.5 Å². The molecule has 0 radical (unpaired) electrons. The molecular weight excluding hydrogens is 363 g/mol. The van der Waals surface area contributed by atoms with Crippen LogP contribution in [0.4, 0.5) is 4.39 Å². The lowest BCUT2D eigenvalue weighted by molar-refractivity contribution is 0.0179. The molecule has 0 amide bonds. The zero-order valence-corrected chi connectivity index (χ0v) is 15.6. The molecule has 1 saturated heterocycles. The van der Waals surface area contributed by atoms with Gasteiger partial charge >= 0.3 is 0 Å². The molecule has 2 heterocycles. The summed E-state index contributed by atoms with van der Waals surface area (Å²) in [5, 5.41) is 1.99. The van der Waals surface area contributed by atoms with Crippen molar-refractivity contribution in [2.24, 2.45) is 0 Å². The second-order valence-corrected chi connectivity index (χ2v) is 8.66. The second-order valence-electron chi connectivity index (χ2n) is 5.94. The molecule has 0 saturated carbocycles. The summed E-state index contributed by atoms with van der Waals surface area (Å²) in [7, 11) is -3.70. The molecule has 0 unspecified atom stereocenters. The van der Waals surface area contributed by atoms with E-state index in [2.05, 4.69) is 9.62 Å². The van der Waals surface area contributed by atoms with Crippen molar-refractivity contribution in [2.75, 3.05) is 32.8 Å². The highest BCUT2D eigenvalue weighted by Crippen LogP contribution is 2.26. The van der Waals surface area contributed by atoms with E-state index in [-0.39, 0.29) is 17.5 Å². The van der Waals surface area contributed by atoms with Gasteiger partial charge in [-0.1, -0.05) is 6.07 Å². The van der Waals surface area contributed by atoms with Gasteiger partial charge in [0.1, 0.15) is 5.82 Å². The van der Waals surface area contributed by atoms with Gasteiger partial charge in [0.05, 0.1) is 24.2 Å². The predicted octanol–water partition coefficient (Wildman–Crippen LogP) is 2.55. The van der Waals surface area contributed by atoms with Crippen molar-refractivity contribution >= 4 is 21.4 Å². The van der Waals surface area contributed by atoms with Crippen molar-refractivity contribution in [3.8, 4) is 0 Å². The summed E-state index contributed by atoms with van der Waals surface area (Å²) in [6.45, 7) is 4.67. The quantitative estimate of drug-likeness (QED) is 0.832. The number of halogens is 1. The number of thiophene rings is 1. The molecule has 1 fully saturated rings. The van der Waals surface area contributed by atoms with Crippen molar-refractivity contribution in [1.82, 2.24) is 9.62 Å². The Balaban J connectivity index is 1.78. The molecule has 5 nitrogen and oxygen atoms in total. The van der Waals surface area contributed by atoms with E-state index in [4.69, 9.17) is 4.74 Å². The van der Waals surface area contributed by atoms with Gasteiger partial charge in [-0.2, -0.15) is 0 Å². The Morgan fingerprint density at radius 3 is 2.72 bits per heavy atom. The fraction of sp³-hybridized carbons (Fsp3) is 0.412. The highest BCUT2D eigenvalue weighted by molar-refractivity contribution is 7.89. The first-order chi connectivity index (χ1) is 12.0. The lowest BCUT2D eigenvalue weighted by Gasteiger charge is -2.34. The Labute approximate surface area is 151 Å². The largest absolute Gasteiger partial charge is 0.379 e. The van der Waals surface area contributed by atoms with Gasteiger partial charge < -0.3 is 4.74 Å². The third kappa shape index (κ3) is 4.45. The van der Waals surface area contributed by atoms with Gasteiger partial charge in [-0.25, -0.2) is 17.5 Å². The number of hydrogen-bond donors (Lipinski definition) is 1. The Kier molecular flexibility index (Phi) is 5.85. The minimum absolute atomic E-state index is 0.0422. The molecular formula is C17H21FN2O3S2. The normalized spacial score (nSPS) is 17.5. The number of ether oxygens (including phenoxy) is 1. The zero-order chi connectivity index (χ0) is 17.9. The first-order valence-electron chi connectivity index (χ1n) is 8.08. The van der Waals surface area contributed by atoms with Crippen molar-refractivity contribution in [3.05, 3.63) is 52.0 Å². The van der Waals surface area contributed by atoms with Gasteiger partial charge in [-0.15, -0.1) is 11.3 Å². The van der Waals surface area contributed by atoms with Crippen LogP contribution in [0, 0.1) is 12.7 Å². The lowest BCUT2D eigenvalue weighted by atomic mass is 10.2. The molecule has 0 aliphatic carbocycles. The summed E-state index contributed by atoms with van der Waals surface area (Å²) >= 11 is 1.61. The van der Waals surface area contributed by atoms with E-state index in [0.29, 0.717) is 18.8 Å². The van der Waals surface area contributed by atoms with Gasteiger partial charge in [0, 0.05) is 24.5 Å². The van der Waals surface area contributed by atoms with Crippen molar-refractivity contribution in [2.45, 2.75) is 17.9 Å². The smallest absolute Gasteiger partial charge is 0.240 e. The highest BCUT2D eigenvalue weighted by Gasteiger charge is 2.26. The van der Waals surface area contributed by atoms with Gasteiger partial charge in [-0.05, 0) is 42.1 Å². The van der Waals surface area contributed by atoms with Crippen LogP contribution in [-0.4, -0.2) is 46.2 Å². The van der Waals surface area contributed by atoms with E-state index in [1.165, 1.54) is 18.2 Å². The fourth-order valence-electron chi connectivity index (χ4n) is 2.96. The number of nitrogens with zero attached hydrogens (tertiary/aromatic N) is 1. The summed E-state index contributed by atoms with van der Waals surface area (Å²) in [6, 6.07) is 7.64. The van der Waals surface area contributed by atoms with Crippen molar-refractivity contribution < 1.29 is 17.5 Å². The van der Waals surface area contributed by atoms with E-state index in [1.54, 1.807) is 18.3 Å². The molecule has 8 heteroatoms. The summed E-state index contributed by atoms with van der Waals surface area (Å²) < 4.78 is 46.6. The maximum Gasteiger partial charge on any atom is 0.240 e. The molecule has 1 atom stereocenters. The van der Waals surface area contributed by atoms with Gasteiger partial charge in [-0.3, -0.25) is 4.90 Å². The fourth-order valence-corrected chi connectivity index (χ4v) is 5.08. The number of benzene rings is 1. The molecule has 1 aliphatic rings. The SMILES string of the molecule is Cc1cc(F)ccc1S(=O)(=O)NC[C@@H](c1cccs1)N1CCOCC1. The molecule has 25 heavy (non-hydrogen) atoms. The number of sulfonamides is 1. The number of nitrogens with one attached hydrogen (secondary N) is 1. The molecule has 2 aromatic rings. The number of rotatable bonds is 6. The topological polar surface area (TPSA) is 58.6 Å². The number of morpholine rings is 1. The van der Waals surface area contributed by atoms with Gasteiger partial charge in [0.15, 0.2) is 0 Å². The average molecular weight is 384 g/mol. The lowest BCUT2D eigenvalue weighted by Crippen LogP contribution is -2.43. The van der Waals surface area contributed by atoms with Crippen LogP contribution in [0.5, 0.6) is 0 Å². The van der Waals surface area contributed by atoms with E-state index >= 15 is 0 Å². The van der Waals surface area contributed by atoms with E-state index in [9.17, 15) is 12.8 Å². The standard InChI is InChI=1S/C17H21FN2O3S2/c1-13-11-14(18)4-5-17(13)25(21,22)19-12-15(16-3-2-10-24-16)20-6-8-23-9-7-20/h2-5,10-11,15,19H,6-9,12H2,1H3/t15-/m0/s1. The van der Waals surface area contributed by atoms with Crippen molar-refractivity contribution in [3.63, 3.8) is 0 Å². The van der Waals surface area contributed by atoms with Crippen LogP contribution < -0.4 is 4.72 Å². The Morgan fingerprint density at radius 2 is 2.08 bits per heavy atom. The maximum absolute atomic E-state index is 13.2. The monoisotopic (exact) mass is 384 g/mol. The van der Waals surface area contributed by atoms with Gasteiger partial charge in [0.25, 0.3) is 0 Å². The van der Waals surface area contributed by atoms with Crippen LogP contribution in [0.3, 0.4) is 0 Å². The maximum atomic E-state index is 13.2. The molecule has 1 N–H and O–H groups in total. The van der Waals surface area contributed by atoms with Crippen LogP contribution in [0.15, 0.2) is 40.6 Å². The first kappa shape index (κ1) is 18.5. The Bertz CT molecular complexity index is 803. The van der Waals surface area contributed by atoms with E-state index < -0.39 is 15.8 Å². The van der Waals surface area contributed by atoms with E-state index in [0.717, 1.165) is 18.0 Å². The summed E-state index contributed by atoms with van der Waals surface area (Å²) in [5.74, 6) is -0.443. The zero-order valence-electron chi connectivity index (χ0n) is 13.9. The number of hydrogen-bond acceptors (Lipinski definition) is 5. The van der Waals surface area contributed by atoms with Crippen LogP contribution >= 0.6 is 11.3 Å². The third-order valence-electron chi connectivity index (χ3n) is 4.25. The van der Waals surface area contributed by atoms with Crippen LogP contribution in [-0.2, 0) is 14.8 Å². The Morgan fingerprint density at radius 1 is 1.32 bits per heavy atom. The Hall–Kier alpha value is -1.32. The first-order valence-corrected chi connectivity index (χ1v) is 10.4. The molecule has 3 rings (SSSR count). The van der Waals surface area contributed by atoms with Crippen LogP contribution in [0.25, 0.3) is 0 Å². The summed E-state index contributed by atoms with van der Waals surface area (Å²) in [5.41, 5.74) is 0.395. The molecule has 1 aliphatic heterocycles. The number of aryl methyl sites for hydroxylation is 1. The minimum Gasteiger partial charge on any atom is -0.379 e. The van der Waals surface area contributed by atoms with Crippen LogP contribution in [0.2, 0.25) is 0 Å². The molecule has 1 aromatic carbocycles. The molecule has 0 bridgehead atoms. The minimum atomic E-state index is -3.70. The van der Waals surface area contributed by atoms with E-state index in [1.807, 2.05) is 17.5 Å². The van der Waals surface area contributed by atoms with Gasteiger partial charge in [0.2, 0.25) is 10.0 Å². The third-order valence-corrected chi connectivity index (χ3v) is 6.81. The summed E-state index contributed by atoms with van der Waals surface area (Å²) in [4.78, 5) is 3.45.